The summed E-state index contributed by atoms with van der Waals surface area (Å²) in [6.07, 6.45) is -0.113. The third-order valence-electron chi connectivity index (χ3n) is 3.58. The number of likely N-dealkylation sites (N-methyl/N-ethyl adjacent to an activating group) is 1. The van der Waals surface area contributed by atoms with E-state index in [-0.39, 0.29) is 12.3 Å². The van der Waals surface area contributed by atoms with Gasteiger partial charge >= 0.3 is 0 Å². The number of benzene rings is 1. The molecule has 1 aliphatic rings. The first-order valence-electron chi connectivity index (χ1n) is 6.97. The van der Waals surface area contributed by atoms with Crippen LogP contribution >= 0.6 is 0 Å². The summed E-state index contributed by atoms with van der Waals surface area (Å²) >= 11 is 0. The number of piperazine rings is 1. The number of amides is 1. The fourth-order valence-corrected chi connectivity index (χ4v) is 2.43. The first-order chi connectivity index (χ1) is 9.74. The number of carbonyl (C=O) groups excluding carboxylic acids is 1. The molecule has 0 aliphatic carbocycles. The zero-order valence-electron chi connectivity index (χ0n) is 11.8. The van der Waals surface area contributed by atoms with Crippen LogP contribution in [0.25, 0.3) is 0 Å². The van der Waals surface area contributed by atoms with Crippen molar-refractivity contribution in [3.8, 4) is 6.07 Å². The highest BCUT2D eigenvalue weighted by molar-refractivity contribution is 5.95. The summed E-state index contributed by atoms with van der Waals surface area (Å²) in [4.78, 5) is 16.3. The van der Waals surface area contributed by atoms with E-state index in [9.17, 15) is 4.79 Å². The highest BCUT2D eigenvalue weighted by Gasteiger charge is 2.18. The number of carbonyl (C=O) groups is 1. The predicted molar refractivity (Wildman–Crippen MR) is 79.6 cm³/mol. The van der Waals surface area contributed by atoms with Gasteiger partial charge in [-0.3, -0.25) is 4.79 Å². The van der Waals surface area contributed by atoms with Crippen LogP contribution in [0.2, 0.25) is 0 Å². The minimum atomic E-state index is -0.257. The second-order valence-electron chi connectivity index (χ2n) is 4.82. The molecular weight excluding hydrogens is 252 g/mol. The molecule has 0 saturated carbocycles. The lowest BCUT2D eigenvalue weighted by Gasteiger charge is -2.36. The number of nitriles is 1. The first kappa shape index (κ1) is 14.4. The lowest BCUT2D eigenvalue weighted by atomic mass is 10.2. The van der Waals surface area contributed by atoms with Gasteiger partial charge < -0.3 is 15.1 Å². The molecule has 0 unspecified atom stereocenters. The third-order valence-corrected chi connectivity index (χ3v) is 3.58. The quantitative estimate of drug-likeness (QED) is 0.906. The summed E-state index contributed by atoms with van der Waals surface area (Å²) in [6.45, 7) is 7.24. The summed E-state index contributed by atoms with van der Waals surface area (Å²) < 4.78 is 0. The molecule has 5 nitrogen and oxygen atoms in total. The number of hydrogen-bond donors (Lipinski definition) is 1. The Morgan fingerprint density at radius 3 is 2.65 bits per heavy atom. The molecule has 106 valence electrons. The molecule has 1 saturated heterocycles. The minimum absolute atomic E-state index is 0.113. The normalized spacial score (nSPS) is 15.7. The molecule has 0 bridgehead atoms. The summed E-state index contributed by atoms with van der Waals surface area (Å²) in [5.41, 5.74) is 1.83. The molecule has 0 aromatic heterocycles. The van der Waals surface area contributed by atoms with E-state index >= 15 is 0 Å². The zero-order chi connectivity index (χ0) is 14.4. The van der Waals surface area contributed by atoms with Crippen molar-refractivity contribution >= 4 is 17.3 Å². The molecule has 0 atom stereocenters. The maximum atomic E-state index is 11.6. The number of hydrogen-bond acceptors (Lipinski definition) is 4. The Kier molecular flexibility index (Phi) is 4.97. The van der Waals surface area contributed by atoms with Crippen molar-refractivity contribution in [2.24, 2.45) is 0 Å². The van der Waals surface area contributed by atoms with Crippen LogP contribution in [-0.2, 0) is 4.79 Å². The van der Waals surface area contributed by atoms with Crippen LogP contribution in [0, 0.1) is 11.3 Å². The molecule has 1 aromatic carbocycles. The van der Waals surface area contributed by atoms with E-state index in [0.29, 0.717) is 0 Å². The molecule has 1 amide bonds. The molecule has 1 heterocycles. The van der Waals surface area contributed by atoms with Gasteiger partial charge in [0.25, 0.3) is 0 Å². The first-order valence-corrected chi connectivity index (χ1v) is 6.97. The number of rotatable bonds is 4. The summed E-state index contributed by atoms with van der Waals surface area (Å²) in [5, 5.41) is 11.4. The fraction of sp³-hybridized carbons (Fsp3) is 0.467. The van der Waals surface area contributed by atoms with E-state index in [0.717, 1.165) is 44.1 Å². The Morgan fingerprint density at radius 2 is 2.00 bits per heavy atom. The van der Waals surface area contributed by atoms with E-state index in [1.807, 2.05) is 30.3 Å². The Hall–Kier alpha value is -2.06. The predicted octanol–water partition coefficient (Wildman–Crippen LogP) is 1.68. The molecule has 1 aliphatic heterocycles. The van der Waals surface area contributed by atoms with Crippen molar-refractivity contribution in [3.05, 3.63) is 24.3 Å². The van der Waals surface area contributed by atoms with Crippen molar-refractivity contribution in [2.45, 2.75) is 13.3 Å². The van der Waals surface area contributed by atoms with Gasteiger partial charge in [0.2, 0.25) is 5.91 Å². The molecule has 20 heavy (non-hydrogen) atoms. The maximum absolute atomic E-state index is 11.6. The maximum Gasteiger partial charge on any atom is 0.238 e. The second kappa shape index (κ2) is 6.92. The van der Waals surface area contributed by atoms with E-state index in [2.05, 4.69) is 22.0 Å². The van der Waals surface area contributed by atoms with Crippen LogP contribution in [0.5, 0.6) is 0 Å². The minimum Gasteiger partial charge on any atom is -0.367 e. The van der Waals surface area contributed by atoms with Gasteiger partial charge in [-0.05, 0) is 18.7 Å². The molecule has 1 aromatic rings. The molecule has 1 N–H and O–H groups in total. The zero-order valence-corrected chi connectivity index (χ0v) is 11.8. The standard InChI is InChI=1S/C15H20N4O/c1-2-18-9-11-19(12-10-18)14-6-4-3-5-13(14)17-15(20)7-8-16/h3-6H,2,7,9-12H2,1H3,(H,17,20). The number of nitrogens with zero attached hydrogens (tertiary/aromatic N) is 3. The molecule has 5 heteroatoms. The second-order valence-corrected chi connectivity index (χ2v) is 4.82. The lowest BCUT2D eigenvalue weighted by molar-refractivity contribution is -0.115. The van der Waals surface area contributed by atoms with Crippen LogP contribution in [0.3, 0.4) is 0 Å². The van der Waals surface area contributed by atoms with Crippen molar-refractivity contribution < 1.29 is 4.79 Å². The van der Waals surface area contributed by atoms with Crippen molar-refractivity contribution in [2.75, 3.05) is 42.9 Å². The average Bonchev–Trinajstić information content (AvgIpc) is 2.48. The van der Waals surface area contributed by atoms with Gasteiger partial charge in [-0.2, -0.15) is 5.26 Å². The van der Waals surface area contributed by atoms with Crippen LogP contribution in [0.1, 0.15) is 13.3 Å². The van der Waals surface area contributed by atoms with Crippen LogP contribution < -0.4 is 10.2 Å². The fourth-order valence-electron chi connectivity index (χ4n) is 2.43. The Bertz CT molecular complexity index is 501. The van der Waals surface area contributed by atoms with Gasteiger partial charge in [0.1, 0.15) is 6.42 Å². The van der Waals surface area contributed by atoms with E-state index in [1.165, 1.54) is 0 Å². The highest BCUT2D eigenvalue weighted by Crippen LogP contribution is 2.26. The molecule has 0 spiro atoms. The topological polar surface area (TPSA) is 59.4 Å². The SMILES string of the molecule is CCN1CCN(c2ccccc2NC(=O)CC#N)CC1. The largest absolute Gasteiger partial charge is 0.367 e. The van der Waals surface area contributed by atoms with Gasteiger partial charge in [0.15, 0.2) is 0 Å². The molecular formula is C15H20N4O. The molecule has 1 fully saturated rings. The summed E-state index contributed by atoms with van der Waals surface area (Å²) in [6, 6.07) is 9.64. The van der Waals surface area contributed by atoms with E-state index < -0.39 is 0 Å². The highest BCUT2D eigenvalue weighted by atomic mass is 16.1. The Labute approximate surface area is 119 Å². The molecule has 0 radical (unpaired) electrons. The number of anilines is 2. The third kappa shape index (κ3) is 3.49. The van der Waals surface area contributed by atoms with Crippen molar-refractivity contribution in [3.63, 3.8) is 0 Å². The van der Waals surface area contributed by atoms with Crippen LogP contribution in [-0.4, -0.2) is 43.5 Å². The van der Waals surface area contributed by atoms with Crippen LogP contribution in [0.15, 0.2) is 24.3 Å². The van der Waals surface area contributed by atoms with E-state index in [4.69, 9.17) is 5.26 Å². The van der Waals surface area contributed by atoms with Gasteiger partial charge in [-0.15, -0.1) is 0 Å². The van der Waals surface area contributed by atoms with Crippen molar-refractivity contribution in [1.82, 2.24) is 4.90 Å². The average molecular weight is 272 g/mol. The Morgan fingerprint density at radius 1 is 1.30 bits per heavy atom. The van der Waals surface area contributed by atoms with E-state index in [1.54, 1.807) is 0 Å². The monoisotopic (exact) mass is 272 g/mol. The number of nitrogens with one attached hydrogen (secondary N) is 1. The summed E-state index contributed by atoms with van der Waals surface area (Å²) in [7, 11) is 0. The van der Waals surface area contributed by atoms with Gasteiger partial charge in [-0.25, -0.2) is 0 Å². The summed E-state index contributed by atoms with van der Waals surface area (Å²) in [5.74, 6) is -0.257. The molecule has 2 rings (SSSR count). The van der Waals surface area contributed by atoms with Crippen LogP contribution in [0.4, 0.5) is 11.4 Å². The van der Waals surface area contributed by atoms with Gasteiger partial charge in [0.05, 0.1) is 17.4 Å². The van der Waals surface area contributed by atoms with Crippen molar-refractivity contribution in [1.29, 1.82) is 5.26 Å². The smallest absolute Gasteiger partial charge is 0.238 e. The van der Waals surface area contributed by atoms with Gasteiger partial charge in [0, 0.05) is 26.2 Å². The van der Waals surface area contributed by atoms with Gasteiger partial charge in [-0.1, -0.05) is 19.1 Å². The lowest BCUT2D eigenvalue weighted by Crippen LogP contribution is -2.46. The Balaban J connectivity index is 2.08. The number of para-hydroxylation sites is 2.